The molecule has 0 spiro atoms. The molecule has 3 heteroatoms. The van der Waals surface area contributed by atoms with Crippen LogP contribution in [0.4, 0.5) is 0 Å². The fraction of sp³-hybridized carbons (Fsp3) is 0.700. The van der Waals surface area contributed by atoms with Crippen molar-refractivity contribution in [3.05, 3.63) is 29.8 Å². The van der Waals surface area contributed by atoms with Crippen molar-refractivity contribution in [2.24, 2.45) is 5.73 Å². The molecule has 132 valence electrons. The van der Waals surface area contributed by atoms with Gasteiger partial charge in [-0.25, -0.2) is 0 Å². The van der Waals surface area contributed by atoms with Crippen LogP contribution < -0.4 is 10.5 Å². The third-order valence-corrected chi connectivity index (χ3v) is 4.40. The van der Waals surface area contributed by atoms with E-state index in [9.17, 15) is 0 Å². The zero-order valence-electron chi connectivity index (χ0n) is 15.4. The van der Waals surface area contributed by atoms with Crippen molar-refractivity contribution >= 4 is 0 Å². The van der Waals surface area contributed by atoms with Gasteiger partial charge in [0, 0.05) is 12.6 Å². The minimum atomic E-state index is 0.310. The predicted octanol–water partition coefficient (Wildman–Crippen LogP) is 4.77. The highest BCUT2D eigenvalue weighted by atomic mass is 16.5. The number of ether oxygens (including phenoxy) is 1. The normalized spacial score (nSPS) is 12.6. The largest absolute Gasteiger partial charge is 0.494 e. The van der Waals surface area contributed by atoms with E-state index in [4.69, 9.17) is 10.5 Å². The van der Waals surface area contributed by atoms with Crippen LogP contribution >= 0.6 is 0 Å². The summed E-state index contributed by atoms with van der Waals surface area (Å²) in [6.45, 7) is 10.3. The van der Waals surface area contributed by atoms with Crippen molar-refractivity contribution < 1.29 is 4.74 Å². The minimum absolute atomic E-state index is 0.310. The van der Waals surface area contributed by atoms with E-state index in [2.05, 4.69) is 49.9 Å². The Morgan fingerprint density at radius 3 is 2.22 bits per heavy atom. The van der Waals surface area contributed by atoms with Gasteiger partial charge in [-0.15, -0.1) is 0 Å². The van der Waals surface area contributed by atoms with Gasteiger partial charge in [-0.05, 0) is 43.6 Å². The molecule has 0 aromatic heterocycles. The first-order valence-electron chi connectivity index (χ1n) is 9.43. The first kappa shape index (κ1) is 20.0. The summed E-state index contributed by atoms with van der Waals surface area (Å²) in [5, 5.41) is 0. The van der Waals surface area contributed by atoms with Gasteiger partial charge in [0.1, 0.15) is 5.75 Å². The monoisotopic (exact) mass is 320 g/mol. The number of benzene rings is 1. The van der Waals surface area contributed by atoms with E-state index < -0.39 is 0 Å². The molecule has 1 unspecified atom stereocenters. The molecule has 0 radical (unpaired) electrons. The highest BCUT2D eigenvalue weighted by Crippen LogP contribution is 2.23. The Hall–Kier alpha value is -1.06. The predicted molar refractivity (Wildman–Crippen MR) is 100 cm³/mol. The fourth-order valence-electron chi connectivity index (χ4n) is 2.90. The van der Waals surface area contributed by atoms with Crippen LogP contribution in [0.1, 0.15) is 70.9 Å². The Labute approximate surface area is 143 Å². The number of nitrogens with zero attached hydrogens (tertiary/aromatic N) is 1. The minimum Gasteiger partial charge on any atom is -0.494 e. The van der Waals surface area contributed by atoms with Gasteiger partial charge >= 0.3 is 0 Å². The topological polar surface area (TPSA) is 38.5 Å². The Bertz CT molecular complexity index is 391. The Balaban J connectivity index is 2.54. The van der Waals surface area contributed by atoms with Gasteiger partial charge < -0.3 is 10.5 Å². The zero-order valence-corrected chi connectivity index (χ0v) is 15.4. The van der Waals surface area contributed by atoms with Gasteiger partial charge in [-0.2, -0.15) is 0 Å². The molecule has 0 heterocycles. The molecule has 0 saturated carbocycles. The Kier molecular flexibility index (Phi) is 10.8. The molecule has 2 N–H and O–H groups in total. The second-order valence-corrected chi connectivity index (χ2v) is 6.21. The smallest absolute Gasteiger partial charge is 0.119 e. The number of hydrogen-bond donors (Lipinski definition) is 1. The highest BCUT2D eigenvalue weighted by molar-refractivity contribution is 5.29. The number of likely N-dealkylation sites (N-methyl/N-ethyl adjacent to an activating group) is 1. The average Bonchev–Trinajstić information content (AvgIpc) is 2.59. The van der Waals surface area contributed by atoms with Crippen molar-refractivity contribution in [2.45, 2.75) is 65.3 Å². The van der Waals surface area contributed by atoms with Crippen LogP contribution in [0.5, 0.6) is 5.75 Å². The summed E-state index contributed by atoms with van der Waals surface area (Å²) in [6, 6.07) is 8.84. The van der Waals surface area contributed by atoms with E-state index in [0.29, 0.717) is 12.6 Å². The molecule has 0 saturated heterocycles. The van der Waals surface area contributed by atoms with Crippen LogP contribution in [-0.2, 0) is 0 Å². The first-order valence-corrected chi connectivity index (χ1v) is 9.43. The quantitative estimate of drug-likeness (QED) is 0.532. The maximum absolute atomic E-state index is 6.04. The second-order valence-electron chi connectivity index (χ2n) is 6.21. The van der Waals surface area contributed by atoms with Gasteiger partial charge in [-0.3, -0.25) is 4.90 Å². The van der Waals surface area contributed by atoms with Crippen molar-refractivity contribution in [3.63, 3.8) is 0 Å². The molecular formula is C20H36N2O. The molecule has 0 aliphatic heterocycles. The maximum atomic E-state index is 6.04. The van der Waals surface area contributed by atoms with Crippen molar-refractivity contribution in [3.8, 4) is 5.75 Å². The molecule has 1 rings (SSSR count). The summed E-state index contributed by atoms with van der Waals surface area (Å²) in [6.07, 6.45) is 7.41. The van der Waals surface area contributed by atoms with Gasteiger partial charge in [0.15, 0.2) is 0 Å². The van der Waals surface area contributed by atoms with E-state index >= 15 is 0 Å². The molecule has 0 aliphatic rings. The standard InChI is InChI=1S/C20H36N2O/c1-4-7-9-10-16-23-19-13-11-18(12-14-19)20(17-21)22(6-3)15-8-5-2/h11-14,20H,4-10,15-17,21H2,1-3H3. The fourth-order valence-corrected chi connectivity index (χ4v) is 2.90. The van der Waals surface area contributed by atoms with Crippen LogP contribution in [0.25, 0.3) is 0 Å². The summed E-state index contributed by atoms with van der Waals surface area (Å²) < 4.78 is 5.83. The van der Waals surface area contributed by atoms with E-state index in [-0.39, 0.29) is 0 Å². The summed E-state index contributed by atoms with van der Waals surface area (Å²) >= 11 is 0. The van der Waals surface area contributed by atoms with Crippen LogP contribution in [-0.4, -0.2) is 31.1 Å². The molecule has 1 aromatic carbocycles. The van der Waals surface area contributed by atoms with Crippen molar-refractivity contribution in [2.75, 3.05) is 26.2 Å². The third kappa shape index (κ3) is 7.36. The van der Waals surface area contributed by atoms with Crippen molar-refractivity contribution in [1.29, 1.82) is 0 Å². The second kappa shape index (κ2) is 12.4. The molecule has 1 aromatic rings. The van der Waals surface area contributed by atoms with E-state index in [1.807, 2.05) is 0 Å². The lowest BCUT2D eigenvalue weighted by atomic mass is 10.0. The van der Waals surface area contributed by atoms with Gasteiger partial charge in [0.25, 0.3) is 0 Å². The molecule has 0 fully saturated rings. The lowest BCUT2D eigenvalue weighted by molar-refractivity contribution is 0.209. The van der Waals surface area contributed by atoms with Crippen molar-refractivity contribution in [1.82, 2.24) is 4.90 Å². The lowest BCUT2D eigenvalue weighted by Gasteiger charge is -2.30. The van der Waals surface area contributed by atoms with Crippen LogP contribution in [0.3, 0.4) is 0 Å². The molecule has 0 aliphatic carbocycles. The lowest BCUT2D eigenvalue weighted by Crippen LogP contribution is -2.34. The maximum Gasteiger partial charge on any atom is 0.119 e. The molecule has 3 nitrogen and oxygen atoms in total. The van der Waals surface area contributed by atoms with Gasteiger partial charge in [-0.1, -0.05) is 58.6 Å². The number of nitrogens with two attached hydrogens (primary N) is 1. The molecule has 23 heavy (non-hydrogen) atoms. The number of rotatable bonds is 13. The highest BCUT2D eigenvalue weighted by Gasteiger charge is 2.17. The molecular weight excluding hydrogens is 284 g/mol. The number of hydrogen-bond acceptors (Lipinski definition) is 3. The SMILES string of the molecule is CCCCCCOc1ccc(C(CN)N(CC)CCCC)cc1. The molecule has 0 bridgehead atoms. The van der Waals surface area contributed by atoms with E-state index in [1.165, 1.54) is 37.7 Å². The molecule has 0 amide bonds. The summed E-state index contributed by atoms with van der Waals surface area (Å²) in [5.74, 6) is 0.970. The third-order valence-electron chi connectivity index (χ3n) is 4.40. The van der Waals surface area contributed by atoms with E-state index in [0.717, 1.165) is 31.9 Å². The van der Waals surface area contributed by atoms with E-state index in [1.54, 1.807) is 0 Å². The van der Waals surface area contributed by atoms with Crippen LogP contribution in [0, 0.1) is 0 Å². The first-order chi connectivity index (χ1) is 11.3. The van der Waals surface area contributed by atoms with Crippen LogP contribution in [0.15, 0.2) is 24.3 Å². The van der Waals surface area contributed by atoms with Gasteiger partial charge in [0.2, 0.25) is 0 Å². The Morgan fingerprint density at radius 2 is 1.65 bits per heavy atom. The average molecular weight is 321 g/mol. The molecule has 1 atom stereocenters. The summed E-state index contributed by atoms with van der Waals surface area (Å²) in [4.78, 5) is 2.48. The van der Waals surface area contributed by atoms with Gasteiger partial charge in [0.05, 0.1) is 6.61 Å². The van der Waals surface area contributed by atoms with Crippen LogP contribution in [0.2, 0.25) is 0 Å². The summed E-state index contributed by atoms with van der Waals surface area (Å²) in [7, 11) is 0. The summed E-state index contributed by atoms with van der Waals surface area (Å²) in [5.41, 5.74) is 7.34. The Morgan fingerprint density at radius 1 is 0.957 bits per heavy atom. The number of unbranched alkanes of at least 4 members (excludes halogenated alkanes) is 4. The zero-order chi connectivity index (χ0) is 16.9.